The number of rotatable bonds is 3. The lowest BCUT2D eigenvalue weighted by Crippen LogP contribution is -1.88. The van der Waals surface area contributed by atoms with Gasteiger partial charge in [0.2, 0.25) is 0 Å². The number of hydrogen-bond acceptors (Lipinski definition) is 4. The van der Waals surface area contributed by atoms with Gasteiger partial charge in [0, 0.05) is 42.7 Å². The molecule has 0 N–H and O–H groups in total. The predicted octanol–water partition coefficient (Wildman–Crippen LogP) is 10.0. The molecular formula is C37H21N3S. The Morgan fingerprint density at radius 2 is 1.37 bits per heavy atom. The standard InChI is InChI=1S/C37H21N3S/c38-22-23-4-1-5-28(20-23)24-9-11-25(12-10-24)30-7-2-8-34-35(30)31-21-29(16-18-33(31)41-34)32-17-15-27-14-13-26-6-3-19-39-36(26)37(27)40-32/h1-21H. The number of benzene rings is 5. The molecule has 0 atom stereocenters. The van der Waals surface area contributed by atoms with Crippen LogP contribution in [-0.4, -0.2) is 9.97 Å². The molecule has 0 radical (unpaired) electrons. The van der Waals surface area contributed by atoms with Crippen LogP contribution in [0.1, 0.15) is 5.56 Å². The van der Waals surface area contributed by atoms with E-state index >= 15 is 0 Å². The summed E-state index contributed by atoms with van der Waals surface area (Å²) in [7, 11) is 0. The summed E-state index contributed by atoms with van der Waals surface area (Å²) in [6.45, 7) is 0. The van der Waals surface area contributed by atoms with Crippen molar-refractivity contribution >= 4 is 53.3 Å². The van der Waals surface area contributed by atoms with Crippen molar-refractivity contribution < 1.29 is 0 Å². The van der Waals surface area contributed by atoms with Gasteiger partial charge < -0.3 is 0 Å². The van der Waals surface area contributed by atoms with Crippen LogP contribution in [0.3, 0.4) is 0 Å². The average molecular weight is 540 g/mol. The van der Waals surface area contributed by atoms with Crippen LogP contribution in [0.2, 0.25) is 0 Å². The van der Waals surface area contributed by atoms with Gasteiger partial charge in [-0.1, -0.05) is 78.9 Å². The zero-order valence-corrected chi connectivity index (χ0v) is 22.7. The first-order chi connectivity index (χ1) is 20.2. The zero-order chi connectivity index (χ0) is 27.3. The molecule has 0 fully saturated rings. The summed E-state index contributed by atoms with van der Waals surface area (Å²) < 4.78 is 2.52. The number of pyridine rings is 2. The van der Waals surface area contributed by atoms with Gasteiger partial charge in [-0.05, 0) is 64.7 Å². The van der Waals surface area contributed by atoms with E-state index < -0.39 is 0 Å². The lowest BCUT2D eigenvalue weighted by Gasteiger charge is -2.08. The van der Waals surface area contributed by atoms with Gasteiger partial charge in [0.1, 0.15) is 0 Å². The van der Waals surface area contributed by atoms with E-state index in [1.165, 1.54) is 31.3 Å². The Hall–Kier alpha value is -5.37. The second kappa shape index (κ2) is 9.38. The Bertz CT molecular complexity index is 2330. The summed E-state index contributed by atoms with van der Waals surface area (Å²) >= 11 is 1.82. The van der Waals surface area contributed by atoms with Crippen LogP contribution < -0.4 is 0 Å². The molecular weight excluding hydrogens is 518 g/mol. The molecule has 5 aromatic carbocycles. The number of hydrogen-bond donors (Lipinski definition) is 0. The Labute approximate surface area is 240 Å². The first kappa shape index (κ1) is 23.5. The molecule has 3 aromatic heterocycles. The Kier molecular flexibility index (Phi) is 5.38. The van der Waals surface area contributed by atoms with Crippen LogP contribution >= 0.6 is 11.3 Å². The number of nitrogens with zero attached hydrogens (tertiary/aromatic N) is 3. The molecule has 4 heteroatoms. The van der Waals surface area contributed by atoms with Gasteiger partial charge in [-0.15, -0.1) is 11.3 Å². The van der Waals surface area contributed by atoms with E-state index in [-0.39, 0.29) is 0 Å². The first-order valence-corrected chi connectivity index (χ1v) is 14.3. The van der Waals surface area contributed by atoms with Gasteiger partial charge in [0.15, 0.2) is 0 Å². The van der Waals surface area contributed by atoms with Crippen molar-refractivity contribution in [2.24, 2.45) is 0 Å². The molecule has 3 heterocycles. The summed E-state index contributed by atoms with van der Waals surface area (Å²) in [5, 5.41) is 14.0. The molecule has 0 saturated heterocycles. The summed E-state index contributed by atoms with van der Waals surface area (Å²) in [5.41, 5.74) is 9.09. The van der Waals surface area contributed by atoms with Crippen LogP contribution in [-0.2, 0) is 0 Å². The topological polar surface area (TPSA) is 49.6 Å². The third-order valence-corrected chi connectivity index (χ3v) is 8.88. The van der Waals surface area contributed by atoms with E-state index in [4.69, 9.17) is 4.98 Å². The SMILES string of the molecule is N#Cc1cccc(-c2ccc(-c3cccc4sc5ccc(-c6ccc7ccc8cccnc8c7n6)cc5c34)cc2)c1. The zero-order valence-electron chi connectivity index (χ0n) is 21.9. The Morgan fingerprint density at radius 3 is 2.24 bits per heavy atom. The van der Waals surface area contributed by atoms with Gasteiger partial charge in [0.05, 0.1) is 28.4 Å². The van der Waals surface area contributed by atoms with Crippen LogP contribution in [0.5, 0.6) is 0 Å². The number of aromatic nitrogens is 2. The monoisotopic (exact) mass is 539 g/mol. The molecule has 0 aliphatic rings. The van der Waals surface area contributed by atoms with Crippen molar-refractivity contribution in [2.45, 2.75) is 0 Å². The fourth-order valence-electron chi connectivity index (χ4n) is 5.72. The molecule has 41 heavy (non-hydrogen) atoms. The summed E-state index contributed by atoms with van der Waals surface area (Å²) in [6, 6.07) is 44.4. The Morgan fingerprint density at radius 1 is 0.585 bits per heavy atom. The summed E-state index contributed by atoms with van der Waals surface area (Å²) in [4.78, 5) is 9.73. The molecule has 0 bridgehead atoms. The highest BCUT2D eigenvalue weighted by Crippen LogP contribution is 2.42. The van der Waals surface area contributed by atoms with Crippen LogP contribution in [0.25, 0.3) is 75.5 Å². The molecule has 8 rings (SSSR count). The molecule has 0 saturated carbocycles. The third kappa shape index (κ3) is 3.95. The quantitative estimate of drug-likeness (QED) is 0.210. The molecule has 8 aromatic rings. The maximum Gasteiger partial charge on any atom is 0.0991 e. The Balaban J connectivity index is 1.26. The maximum absolute atomic E-state index is 9.29. The van der Waals surface area contributed by atoms with Gasteiger partial charge in [0.25, 0.3) is 0 Å². The fraction of sp³-hybridized carbons (Fsp3) is 0. The lowest BCUT2D eigenvalue weighted by atomic mass is 9.96. The van der Waals surface area contributed by atoms with Crippen molar-refractivity contribution in [3.05, 3.63) is 133 Å². The average Bonchev–Trinajstić information content (AvgIpc) is 3.43. The van der Waals surface area contributed by atoms with E-state index in [1.54, 1.807) is 0 Å². The van der Waals surface area contributed by atoms with Gasteiger partial charge >= 0.3 is 0 Å². The molecule has 0 amide bonds. The minimum atomic E-state index is 0.669. The molecule has 0 unspecified atom stereocenters. The normalized spacial score (nSPS) is 11.4. The molecule has 0 spiro atoms. The summed E-state index contributed by atoms with van der Waals surface area (Å²) in [6.07, 6.45) is 1.83. The smallest absolute Gasteiger partial charge is 0.0991 e. The lowest BCUT2D eigenvalue weighted by molar-refractivity contribution is 1.37. The van der Waals surface area contributed by atoms with Crippen molar-refractivity contribution in [3.8, 4) is 39.6 Å². The minimum Gasteiger partial charge on any atom is -0.254 e. The fourth-order valence-corrected chi connectivity index (χ4v) is 6.83. The van der Waals surface area contributed by atoms with E-state index in [9.17, 15) is 5.26 Å². The van der Waals surface area contributed by atoms with Gasteiger partial charge in [-0.2, -0.15) is 5.26 Å². The molecule has 0 aliphatic heterocycles. The second-order valence-electron chi connectivity index (χ2n) is 10.2. The third-order valence-electron chi connectivity index (χ3n) is 7.74. The van der Waals surface area contributed by atoms with Gasteiger partial charge in [-0.25, -0.2) is 4.98 Å². The maximum atomic E-state index is 9.29. The van der Waals surface area contributed by atoms with Crippen molar-refractivity contribution in [3.63, 3.8) is 0 Å². The van der Waals surface area contributed by atoms with E-state index in [2.05, 4.69) is 102 Å². The minimum absolute atomic E-state index is 0.669. The molecule has 0 aliphatic carbocycles. The molecule has 3 nitrogen and oxygen atoms in total. The predicted molar refractivity (Wildman–Crippen MR) is 171 cm³/mol. The summed E-state index contributed by atoms with van der Waals surface area (Å²) in [5.74, 6) is 0. The van der Waals surface area contributed by atoms with Crippen LogP contribution in [0.4, 0.5) is 0 Å². The van der Waals surface area contributed by atoms with Crippen molar-refractivity contribution in [1.29, 1.82) is 5.26 Å². The van der Waals surface area contributed by atoms with Crippen LogP contribution in [0.15, 0.2) is 128 Å². The van der Waals surface area contributed by atoms with Crippen molar-refractivity contribution in [2.75, 3.05) is 0 Å². The van der Waals surface area contributed by atoms with Crippen molar-refractivity contribution in [1.82, 2.24) is 9.97 Å². The van der Waals surface area contributed by atoms with E-state index in [1.807, 2.05) is 47.9 Å². The number of thiophene rings is 1. The number of nitriles is 1. The second-order valence-corrected chi connectivity index (χ2v) is 11.3. The van der Waals surface area contributed by atoms with E-state index in [0.717, 1.165) is 44.2 Å². The van der Waals surface area contributed by atoms with E-state index in [0.29, 0.717) is 5.56 Å². The largest absolute Gasteiger partial charge is 0.254 e. The number of fused-ring (bicyclic) bond motifs is 6. The highest BCUT2D eigenvalue weighted by Gasteiger charge is 2.14. The highest BCUT2D eigenvalue weighted by atomic mass is 32.1. The molecule has 190 valence electrons. The first-order valence-electron chi connectivity index (χ1n) is 13.5. The van der Waals surface area contributed by atoms with Crippen LogP contribution in [0, 0.1) is 11.3 Å². The highest BCUT2D eigenvalue weighted by molar-refractivity contribution is 7.26. The van der Waals surface area contributed by atoms with Gasteiger partial charge in [-0.3, -0.25) is 4.98 Å².